The number of rotatable bonds is 5. The van der Waals surface area contributed by atoms with Crippen molar-refractivity contribution < 1.29 is 8.42 Å². The number of halogens is 2. The van der Waals surface area contributed by atoms with Crippen molar-refractivity contribution in [2.24, 2.45) is 7.05 Å². The summed E-state index contributed by atoms with van der Waals surface area (Å²) in [4.78, 5) is 4.06. The molecule has 0 aliphatic carbocycles. The minimum Gasteiger partial charge on any atom is -0.398 e. The minimum atomic E-state index is -3.71. The maximum atomic E-state index is 12.3. The predicted octanol–water partition coefficient (Wildman–Crippen LogP) is 1.44. The molecule has 114 valence electrons. The number of aromatic nitrogens is 3. The number of hydrogen-bond donors (Lipinski definition) is 2. The Kier molecular flexibility index (Phi) is 5.02. The van der Waals surface area contributed by atoms with Crippen molar-refractivity contribution in [1.29, 1.82) is 0 Å². The van der Waals surface area contributed by atoms with Gasteiger partial charge in [0.1, 0.15) is 11.2 Å². The molecule has 0 aliphatic rings. The fourth-order valence-corrected chi connectivity index (χ4v) is 4.83. The third-order valence-corrected chi connectivity index (χ3v) is 5.52. The first kappa shape index (κ1) is 16.4. The van der Waals surface area contributed by atoms with Gasteiger partial charge >= 0.3 is 0 Å². The van der Waals surface area contributed by atoms with Crippen LogP contribution < -0.4 is 10.5 Å². The zero-order chi connectivity index (χ0) is 15.6. The number of anilines is 1. The van der Waals surface area contributed by atoms with Crippen LogP contribution in [0.1, 0.15) is 5.82 Å². The molecule has 1 aromatic heterocycles. The van der Waals surface area contributed by atoms with E-state index in [-0.39, 0.29) is 17.1 Å². The molecule has 0 amide bonds. The second kappa shape index (κ2) is 6.42. The molecule has 1 aromatic carbocycles. The summed E-state index contributed by atoms with van der Waals surface area (Å²) in [5, 5.41) is 4.08. The number of nitrogens with two attached hydrogens (primary N) is 1. The van der Waals surface area contributed by atoms with Gasteiger partial charge < -0.3 is 5.73 Å². The number of aryl methyl sites for hydroxylation is 1. The van der Waals surface area contributed by atoms with Gasteiger partial charge in [0.15, 0.2) is 5.82 Å². The Labute approximate surface area is 139 Å². The maximum Gasteiger partial charge on any atom is 0.243 e. The van der Waals surface area contributed by atoms with Crippen molar-refractivity contribution in [3.63, 3.8) is 0 Å². The van der Waals surface area contributed by atoms with E-state index in [4.69, 9.17) is 5.73 Å². The predicted molar refractivity (Wildman–Crippen MR) is 86.1 cm³/mol. The lowest BCUT2D eigenvalue weighted by atomic mass is 10.3. The fourth-order valence-electron chi connectivity index (χ4n) is 1.73. The van der Waals surface area contributed by atoms with Crippen LogP contribution in [-0.4, -0.2) is 29.7 Å². The minimum absolute atomic E-state index is 0.0275. The van der Waals surface area contributed by atoms with Crippen LogP contribution in [0, 0.1) is 0 Å². The van der Waals surface area contributed by atoms with Crippen LogP contribution >= 0.6 is 31.9 Å². The molecule has 0 radical (unpaired) electrons. The Hall–Kier alpha value is -0.970. The van der Waals surface area contributed by atoms with Crippen LogP contribution in [0.2, 0.25) is 0 Å². The molecule has 0 aliphatic heterocycles. The normalized spacial score (nSPS) is 11.8. The van der Waals surface area contributed by atoms with E-state index in [0.29, 0.717) is 21.2 Å². The van der Waals surface area contributed by atoms with Gasteiger partial charge in [-0.3, -0.25) is 4.68 Å². The highest BCUT2D eigenvalue weighted by atomic mass is 79.9. The molecular weight excluding hydrogens is 426 g/mol. The Bertz CT molecular complexity index is 737. The summed E-state index contributed by atoms with van der Waals surface area (Å²) in [7, 11) is -1.96. The standard InChI is InChI=1S/C11H13Br2N5O2S/c1-18-6-15-10(17-18)2-3-16-21(19,20)11-8(13)4-7(12)5-9(11)14/h4-6,16H,2-3,14H2,1H3. The largest absolute Gasteiger partial charge is 0.398 e. The van der Waals surface area contributed by atoms with Gasteiger partial charge in [0.05, 0.1) is 5.69 Å². The number of hydrogen-bond acceptors (Lipinski definition) is 5. The van der Waals surface area contributed by atoms with E-state index < -0.39 is 10.0 Å². The average Bonchev–Trinajstić information content (AvgIpc) is 2.72. The number of benzene rings is 1. The lowest BCUT2D eigenvalue weighted by Gasteiger charge is -2.11. The van der Waals surface area contributed by atoms with Crippen LogP contribution in [0.25, 0.3) is 0 Å². The summed E-state index contributed by atoms with van der Waals surface area (Å²) >= 11 is 6.47. The highest BCUT2D eigenvalue weighted by Crippen LogP contribution is 2.31. The second-order valence-corrected chi connectivity index (χ2v) is 7.76. The first-order valence-corrected chi connectivity index (χ1v) is 8.95. The monoisotopic (exact) mass is 437 g/mol. The first-order valence-electron chi connectivity index (χ1n) is 5.88. The molecule has 0 unspecified atom stereocenters. The van der Waals surface area contributed by atoms with E-state index in [9.17, 15) is 8.42 Å². The number of nitrogens with zero attached hydrogens (tertiary/aromatic N) is 3. The van der Waals surface area contributed by atoms with Gasteiger partial charge in [-0.15, -0.1) is 0 Å². The highest BCUT2D eigenvalue weighted by molar-refractivity contribution is 9.11. The van der Waals surface area contributed by atoms with Crippen LogP contribution in [0.3, 0.4) is 0 Å². The number of sulfonamides is 1. The molecule has 0 bridgehead atoms. The summed E-state index contributed by atoms with van der Waals surface area (Å²) in [6.45, 7) is 0.189. The average molecular weight is 439 g/mol. The molecular formula is C11H13Br2N5O2S. The van der Waals surface area contributed by atoms with Crippen molar-refractivity contribution in [3.05, 3.63) is 33.2 Å². The van der Waals surface area contributed by atoms with Gasteiger partial charge in [-0.05, 0) is 28.1 Å². The van der Waals surface area contributed by atoms with Gasteiger partial charge in [-0.25, -0.2) is 18.1 Å². The van der Waals surface area contributed by atoms with Crippen molar-refractivity contribution in [2.75, 3.05) is 12.3 Å². The van der Waals surface area contributed by atoms with Crippen molar-refractivity contribution in [3.8, 4) is 0 Å². The van der Waals surface area contributed by atoms with Gasteiger partial charge in [0.2, 0.25) is 10.0 Å². The van der Waals surface area contributed by atoms with Crippen LogP contribution in [-0.2, 0) is 23.5 Å². The van der Waals surface area contributed by atoms with E-state index in [1.54, 1.807) is 30.2 Å². The third-order valence-electron chi connectivity index (χ3n) is 2.59. The summed E-state index contributed by atoms with van der Waals surface area (Å²) in [6.07, 6.45) is 1.96. The van der Waals surface area contributed by atoms with Crippen molar-refractivity contribution in [1.82, 2.24) is 19.5 Å². The van der Waals surface area contributed by atoms with E-state index in [0.717, 1.165) is 0 Å². The molecule has 0 spiro atoms. The third kappa shape index (κ3) is 4.02. The van der Waals surface area contributed by atoms with Gasteiger partial charge in [0.25, 0.3) is 0 Å². The molecule has 7 nitrogen and oxygen atoms in total. The van der Waals surface area contributed by atoms with Crippen LogP contribution in [0.4, 0.5) is 5.69 Å². The van der Waals surface area contributed by atoms with Crippen LogP contribution in [0.15, 0.2) is 32.3 Å². The smallest absolute Gasteiger partial charge is 0.243 e. The van der Waals surface area contributed by atoms with Crippen molar-refractivity contribution >= 4 is 47.6 Å². The molecule has 2 rings (SSSR count). The molecule has 1 heterocycles. The molecule has 0 saturated carbocycles. The Balaban J connectivity index is 2.12. The Morgan fingerprint density at radius 2 is 2.10 bits per heavy atom. The molecule has 0 atom stereocenters. The number of nitrogens with one attached hydrogen (secondary N) is 1. The van der Waals surface area contributed by atoms with E-state index in [1.807, 2.05) is 0 Å². The molecule has 0 fully saturated rings. The first-order chi connectivity index (χ1) is 9.79. The summed E-state index contributed by atoms with van der Waals surface area (Å²) in [5.74, 6) is 0.572. The number of nitrogen functional groups attached to an aromatic ring is 1. The fraction of sp³-hybridized carbons (Fsp3) is 0.273. The SMILES string of the molecule is Cn1cnc(CCNS(=O)(=O)c2c(N)cc(Br)cc2Br)n1. The van der Waals surface area contributed by atoms with Crippen molar-refractivity contribution in [2.45, 2.75) is 11.3 Å². The molecule has 21 heavy (non-hydrogen) atoms. The quantitative estimate of drug-likeness (QED) is 0.687. The second-order valence-electron chi connectivity index (χ2n) is 4.29. The summed E-state index contributed by atoms with van der Waals surface area (Å²) in [5.41, 5.74) is 5.95. The highest BCUT2D eigenvalue weighted by Gasteiger charge is 2.21. The summed E-state index contributed by atoms with van der Waals surface area (Å²) in [6, 6.07) is 3.17. The van der Waals surface area contributed by atoms with Gasteiger partial charge in [0, 0.05) is 29.0 Å². The molecule has 0 saturated heterocycles. The van der Waals surface area contributed by atoms with E-state index in [2.05, 4.69) is 46.7 Å². The van der Waals surface area contributed by atoms with Crippen LogP contribution in [0.5, 0.6) is 0 Å². The zero-order valence-corrected chi connectivity index (χ0v) is 15.0. The Morgan fingerprint density at radius 1 is 1.38 bits per heavy atom. The maximum absolute atomic E-state index is 12.3. The molecule has 2 aromatic rings. The zero-order valence-electron chi connectivity index (χ0n) is 11.0. The van der Waals surface area contributed by atoms with E-state index in [1.165, 1.54) is 0 Å². The Morgan fingerprint density at radius 3 is 2.67 bits per heavy atom. The molecule has 3 N–H and O–H groups in total. The lowest BCUT2D eigenvalue weighted by Crippen LogP contribution is -2.27. The summed E-state index contributed by atoms with van der Waals surface area (Å²) < 4.78 is 29.7. The van der Waals surface area contributed by atoms with Gasteiger partial charge in [-0.2, -0.15) is 5.10 Å². The molecule has 10 heteroatoms. The van der Waals surface area contributed by atoms with Gasteiger partial charge in [-0.1, -0.05) is 15.9 Å². The van der Waals surface area contributed by atoms with E-state index >= 15 is 0 Å². The lowest BCUT2D eigenvalue weighted by molar-refractivity contribution is 0.580. The topological polar surface area (TPSA) is 103 Å².